The van der Waals surface area contributed by atoms with Crippen molar-refractivity contribution >= 4 is 23.3 Å². The van der Waals surface area contributed by atoms with E-state index in [4.69, 9.17) is 0 Å². The summed E-state index contributed by atoms with van der Waals surface area (Å²) >= 11 is 0. The van der Waals surface area contributed by atoms with E-state index < -0.39 is 5.97 Å². The molecule has 1 aliphatic heterocycles. The summed E-state index contributed by atoms with van der Waals surface area (Å²) in [5.74, 6) is -1.04. The van der Waals surface area contributed by atoms with Crippen LogP contribution in [-0.2, 0) is 17.6 Å². The fourth-order valence-electron chi connectivity index (χ4n) is 3.78. The Morgan fingerprint density at radius 3 is 2.58 bits per heavy atom. The van der Waals surface area contributed by atoms with Crippen molar-refractivity contribution in [1.82, 2.24) is 5.43 Å². The quantitative estimate of drug-likeness (QED) is 0.836. The van der Waals surface area contributed by atoms with Gasteiger partial charge in [0.25, 0.3) is 5.91 Å². The lowest BCUT2D eigenvalue weighted by atomic mass is 9.89. The Labute approximate surface area is 152 Å². The minimum Gasteiger partial charge on any atom is -0.478 e. The van der Waals surface area contributed by atoms with Crippen LogP contribution in [0.5, 0.6) is 0 Å². The highest BCUT2D eigenvalue weighted by Gasteiger charge is 2.29. The highest BCUT2D eigenvalue weighted by molar-refractivity contribution is 6.01. The van der Waals surface area contributed by atoms with Crippen LogP contribution in [0.3, 0.4) is 0 Å². The normalized spacial score (nSPS) is 16.8. The van der Waals surface area contributed by atoms with Crippen molar-refractivity contribution in [3.8, 4) is 0 Å². The van der Waals surface area contributed by atoms with Gasteiger partial charge >= 0.3 is 5.97 Å². The van der Waals surface area contributed by atoms with Gasteiger partial charge in [0.05, 0.1) is 5.56 Å². The van der Waals surface area contributed by atoms with Crippen molar-refractivity contribution in [2.45, 2.75) is 38.5 Å². The lowest BCUT2D eigenvalue weighted by Gasteiger charge is -2.18. The smallest absolute Gasteiger partial charge is 0.335 e. The lowest BCUT2D eigenvalue weighted by molar-refractivity contribution is -0.496. The molecule has 0 fully saturated rings. The number of carbonyl (C=O) groups is 2. The van der Waals surface area contributed by atoms with Crippen LogP contribution in [0, 0.1) is 0 Å². The van der Waals surface area contributed by atoms with Crippen molar-refractivity contribution in [3.63, 3.8) is 0 Å². The van der Waals surface area contributed by atoms with Crippen LogP contribution in [0.1, 0.15) is 52.7 Å². The topological polar surface area (TPSA) is 69.4 Å². The van der Waals surface area contributed by atoms with Crippen LogP contribution in [-0.4, -0.2) is 27.4 Å². The first-order chi connectivity index (χ1) is 12.6. The number of hydrazone groups is 1. The molecule has 2 N–H and O–H groups in total. The van der Waals surface area contributed by atoms with Crippen molar-refractivity contribution in [1.29, 1.82) is 0 Å². The second-order valence-electron chi connectivity index (χ2n) is 6.86. The molecule has 2 aromatic carbocycles. The zero-order valence-corrected chi connectivity index (χ0v) is 14.5. The van der Waals surface area contributed by atoms with Gasteiger partial charge < -0.3 is 5.11 Å². The fourth-order valence-corrected chi connectivity index (χ4v) is 3.78. The summed E-state index contributed by atoms with van der Waals surface area (Å²) in [5.41, 5.74) is 8.64. The zero-order chi connectivity index (χ0) is 18.1. The third-order valence-corrected chi connectivity index (χ3v) is 5.13. The highest BCUT2D eigenvalue weighted by Crippen LogP contribution is 2.25. The predicted octanol–water partition coefficient (Wildman–Crippen LogP) is 3.22. The Hall–Kier alpha value is -2.95. The molecular weight excluding hydrogens is 328 g/mol. The number of hydrogen-bond donors (Lipinski definition) is 2. The number of carbonyl (C=O) groups excluding carboxylic acids is 1. The number of amides is 1. The predicted molar refractivity (Wildman–Crippen MR) is 97.9 cm³/mol. The number of carboxylic acids is 1. The molecule has 0 atom stereocenters. The standard InChI is InChI=1S/C21H20N2O3/c24-20-11-10-19(16-9-8-14-4-1-2-5-15(14)12-16)23(22-20)18-7-3-6-17(13-18)21(25)26/h3,6-9,12-13H,1-2,4-5,10-11H2,(H-,22,24,25,26)/p+1. The first kappa shape index (κ1) is 16.5. The molecule has 2 aliphatic rings. The molecule has 1 heterocycles. The molecule has 0 radical (unpaired) electrons. The van der Waals surface area contributed by atoms with Crippen LogP contribution in [0.4, 0.5) is 5.69 Å². The summed E-state index contributed by atoms with van der Waals surface area (Å²) in [6.45, 7) is 0. The average molecular weight is 349 g/mol. The molecule has 0 saturated heterocycles. The van der Waals surface area contributed by atoms with E-state index in [1.165, 1.54) is 24.0 Å². The van der Waals surface area contributed by atoms with Crippen molar-refractivity contribution < 1.29 is 19.4 Å². The first-order valence-corrected chi connectivity index (χ1v) is 9.03. The van der Waals surface area contributed by atoms with Crippen molar-refractivity contribution in [3.05, 3.63) is 64.7 Å². The summed E-state index contributed by atoms with van der Waals surface area (Å²) in [4.78, 5) is 23.3. The van der Waals surface area contributed by atoms with Crippen LogP contribution in [0.15, 0.2) is 42.5 Å². The van der Waals surface area contributed by atoms with Gasteiger partial charge in [0, 0.05) is 30.5 Å². The van der Waals surface area contributed by atoms with E-state index in [9.17, 15) is 14.7 Å². The molecule has 4 rings (SSSR count). The number of benzene rings is 2. The summed E-state index contributed by atoms with van der Waals surface area (Å²) in [6, 6.07) is 13.2. The molecule has 0 aromatic heterocycles. The number of carboxylic acid groups (broad SMARTS) is 1. The van der Waals surface area contributed by atoms with Crippen LogP contribution < -0.4 is 5.43 Å². The van der Waals surface area contributed by atoms with Gasteiger partial charge in [-0.05, 0) is 55.0 Å². The third-order valence-electron chi connectivity index (χ3n) is 5.13. The van der Waals surface area contributed by atoms with Gasteiger partial charge in [-0.25, -0.2) is 4.79 Å². The average Bonchev–Trinajstić information content (AvgIpc) is 2.67. The van der Waals surface area contributed by atoms with Gasteiger partial charge in [0.15, 0.2) is 0 Å². The molecular formula is C21H21N2O3+. The molecule has 132 valence electrons. The Balaban J connectivity index is 1.82. The Morgan fingerprint density at radius 2 is 1.77 bits per heavy atom. The van der Waals surface area contributed by atoms with E-state index in [2.05, 4.69) is 23.6 Å². The minimum absolute atomic E-state index is 0.0626. The largest absolute Gasteiger partial charge is 0.478 e. The number of rotatable bonds is 3. The summed E-state index contributed by atoms with van der Waals surface area (Å²) in [5, 5.41) is 9.26. The molecule has 1 amide bonds. The van der Waals surface area contributed by atoms with Crippen molar-refractivity contribution in [2.24, 2.45) is 0 Å². The number of nitrogens with zero attached hydrogens (tertiary/aromatic N) is 1. The molecule has 0 bridgehead atoms. The maximum Gasteiger partial charge on any atom is 0.335 e. The number of nitrogens with one attached hydrogen (secondary N) is 1. The van der Waals surface area contributed by atoms with E-state index in [-0.39, 0.29) is 11.5 Å². The molecule has 0 saturated carbocycles. The van der Waals surface area contributed by atoms with Gasteiger partial charge in [-0.1, -0.05) is 16.8 Å². The number of hydrazine groups is 1. The summed E-state index contributed by atoms with van der Waals surface area (Å²) < 4.78 is 1.74. The van der Waals surface area contributed by atoms with Crippen LogP contribution in [0.25, 0.3) is 0 Å². The minimum atomic E-state index is -0.981. The monoisotopic (exact) mass is 349 g/mol. The maximum atomic E-state index is 12.0. The number of aryl methyl sites for hydroxylation is 2. The first-order valence-electron chi connectivity index (χ1n) is 9.03. The Morgan fingerprint density at radius 1 is 0.962 bits per heavy atom. The van der Waals surface area contributed by atoms with Gasteiger partial charge in [0.2, 0.25) is 11.4 Å². The van der Waals surface area contributed by atoms with Crippen molar-refractivity contribution in [2.75, 3.05) is 0 Å². The zero-order valence-electron chi connectivity index (χ0n) is 14.5. The lowest BCUT2D eigenvalue weighted by Crippen LogP contribution is -2.41. The Bertz CT molecular complexity index is 931. The second kappa shape index (κ2) is 6.75. The number of hydrogen-bond acceptors (Lipinski definition) is 2. The van der Waals surface area contributed by atoms with Crippen LogP contribution >= 0.6 is 0 Å². The fraction of sp³-hybridized carbons (Fsp3) is 0.286. The second-order valence-corrected chi connectivity index (χ2v) is 6.86. The molecule has 5 heteroatoms. The van der Waals surface area contributed by atoms with Gasteiger partial charge in [-0.2, -0.15) is 0 Å². The molecule has 5 nitrogen and oxygen atoms in total. The van der Waals surface area contributed by atoms with E-state index in [0.29, 0.717) is 18.5 Å². The van der Waals surface area contributed by atoms with E-state index in [1.807, 2.05) is 6.07 Å². The Kier molecular flexibility index (Phi) is 4.29. The number of fused-ring (bicyclic) bond motifs is 1. The molecule has 0 unspecified atom stereocenters. The van der Waals surface area contributed by atoms with Crippen LogP contribution in [0.2, 0.25) is 0 Å². The van der Waals surface area contributed by atoms with E-state index in [0.717, 1.165) is 24.1 Å². The van der Waals surface area contributed by atoms with Gasteiger partial charge in [-0.15, -0.1) is 5.43 Å². The number of aromatic carboxylic acids is 1. The van der Waals surface area contributed by atoms with E-state index in [1.54, 1.807) is 22.9 Å². The van der Waals surface area contributed by atoms with Gasteiger partial charge in [0.1, 0.15) is 0 Å². The molecule has 0 spiro atoms. The van der Waals surface area contributed by atoms with Gasteiger partial charge in [-0.3, -0.25) is 4.79 Å². The maximum absolute atomic E-state index is 12.0. The summed E-state index contributed by atoms with van der Waals surface area (Å²) in [6.07, 6.45) is 5.74. The highest BCUT2D eigenvalue weighted by atomic mass is 16.4. The third kappa shape index (κ3) is 3.12. The molecule has 26 heavy (non-hydrogen) atoms. The van der Waals surface area contributed by atoms with E-state index >= 15 is 0 Å². The SMILES string of the molecule is O=C1CCC(c2ccc3c(c2)CCCC3)=[N+](c2cccc(C(=O)O)c2)N1. The summed E-state index contributed by atoms with van der Waals surface area (Å²) in [7, 11) is 0. The molecule has 1 aliphatic carbocycles. The molecule has 2 aromatic rings.